The lowest BCUT2D eigenvalue weighted by molar-refractivity contribution is -0.138. The highest BCUT2D eigenvalue weighted by Crippen LogP contribution is 2.46. The zero-order valence-electron chi connectivity index (χ0n) is 15.3. The number of ketones is 1. The second-order valence-corrected chi connectivity index (χ2v) is 7.75. The molecule has 27 heavy (non-hydrogen) atoms. The maximum atomic E-state index is 13.2. The molecule has 2 aromatic rings. The number of thiophene rings is 1. The molecule has 0 radical (unpaired) electrons. The van der Waals surface area contributed by atoms with E-state index in [2.05, 4.69) is 5.32 Å². The molecule has 0 fully saturated rings. The summed E-state index contributed by atoms with van der Waals surface area (Å²) in [6.45, 7) is 3.96. The van der Waals surface area contributed by atoms with E-state index in [1.54, 1.807) is 24.5 Å². The molecule has 0 bridgehead atoms. The number of rotatable bonds is 4. The first-order valence-electron chi connectivity index (χ1n) is 9.08. The minimum Gasteiger partial charge on any atom is -0.469 e. The van der Waals surface area contributed by atoms with Crippen LogP contribution < -0.4 is 5.32 Å². The van der Waals surface area contributed by atoms with Crippen molar-refractivity contribution in [2.45, 2.75) is 38.5 Å². The molecule has 5 nitrogen and oxygen atoms in total. The molecule has 0 saturated heterocycles. The van der Waals surface area contributed by atoms with Crippen LogP contribution in [0.1, 0.15) is 49.2 Å². The summed E-state index contributed by atoms with van der Waals surface area (Å²) in [6.07, 6.45) is 2.70. The van der Waals surface area contributed by atoms with Crippen LogP contribution in [-0.4, -0.2) is 18.4 Å². The maximum absolute atomic E-state index is 13.2. The Morgan fingerprint density at radius 3 is 2.85 bits per heavy atom. The highest BCUT2D eigenvalue weighted by Gasteiger charge is 2.42. The zero-order chi connectivity index (χ0) is 19.0. The van der Waals surface area contributed by atoms with Gasteiger partial charge in [0.15, 0.2) is 5.78 Å². The fourth-order valence-corrected chi connectivity index (χ4v) is 4.83. The van der Waals surface area contributed by atoms with Crippen molar-refractivity contribution in [1.29, 1.82) is 0 Å². The fraction of sp³-hybridized carbons (Fsp3) is 0.333. The Morgan fingerprint density at radius 1 is 1.33 bits per heavy atom. The zero-order valence-corrected chi connectivity index (χ0v) is 16.1. The summed E-state index contributed by atoms with van der Waals surface area (Å²) in [5, 5.41) is 5.29. The number of ether oxygens (including phenoxy) is 1. The lowest BCUT2D eigenvalue weighted by Crippen LogP contribution is -2.35. The van der Waals surface area contributed by atoms with Gasteiger partial charge >= 0.3 is 5.97 Å². The Hall–Kier alpha value is -2.60. The molecule has 0 spiro atoms. The molecule has 2 aromatic heterocycles. The van der Waals surface area contributed by atoms with Crippen molar-refractivity contribution in [3.05, 3.63) is 69.1 Å². The Balaban J connectivity index is 1.78. The van der Waals surface area contributed by atoms with Gasteiger partial charge in [0.2, 0.25) is 0 Å². The van der Waals surface area contributed by atoms with Gasteiger partial charge in [0.25, 0.3) is 0 Å². The van der Waals surface area contributed by atoms with E-state index in [1.807, 2.05) is 36.6 Å². The van der Waals surface area contributed by atoms with Crippen molar-refractivity contribution in [2.24, 2.45) is 0 Å². The molecule has 4 rings (SSSR count). The Kier molecular flexibility index (Phi) is 4.74. The number of esters is 1. The number of hydrogen-bond donors (Lipinski definition) is 1. The van der Waals surface area contributed by atoms with Crippen molar-refractivity contribution < 1.29 is 18.7 Å². The SMILES string of the molecule is CCOC(=O)C1=C(C)NC2=C(C(=O)CC(c3ccco3)C2)C1c1cccs1. The molecule has 2 atom stereocenters. The maximum Gasteiger partial charge on any atom is 0.336 e. The van der Waals surface area contributed by atoms with Gasteiger partial charge in [-0.15, -0.1) is 11.3 Å². The summed E-state index contributed by atoms with van der Waals surface area (Å²) in [4.78, 5) is 26.8. The van der Waals surface area contributed by atoms with E-state index in [4.69, 9.17) is 9.15 Å². The van der Waals surface area contributed by atoms with E-state index in [0.717, 1.165) is 22.0 Å². The predicted octanol–water partition coefficient (Wildman–Crippen LogP) is 4.27. The van der Waals surface area contributed by atoms with Crippen LogP contribution in [0.15, 0.2) is 62.9 Å². The van der Waals surface area contributed by atoms with Gasteiger partial charge in [-0.3, -0.25) is 4.79 Å². The monoisotopic (exact) mass is 383 g/mol. The lowest BCUT2D eigenvalue weighted by Gasteiger charge is -2.35. The summed E-state index contributed by atoms with van der Waals surface area (Å²) in [5.41, 5.74) is 2.85. The first kappa shape index (κ1) is 17.8. The highest BCUT2D eigenvalue weighted by atomic mass is 32.1. The van der Waals surface area contributed by atoms with Crippen LogP contribution in [0, 0.1) is 0 Å². The van der Waals surface area contributed by atoms with Crippen LogP contribution in [0.5, 0.6) is 0 Å². The first-order valence-corrected chi connectivity index (χ1v) is 9.96. The van der Waals surface area contributed by atoms with Crippen LogP contribution in [0.3, 0.4) is 0 Å². The van der Waals surface area contributed by atoms with Gasteiger partial charge in [-0.1, -0.05) is 6.07 Å². The number of dihydropyridines is 1. The molecular formula is C21H21NO4S. The van der Waals surface area contributed by atoms with Crippen LogP contribution in [0.25, 0.3) is 0 Å². The average Bonchev–Trinajstić information content (AvgIpc) is 3.34. The van der Waals surface area contributed by atoms with Gasteiger partial charge in [-0.2, -0.15) is 0 Å². The second-order valence-electron chi connectivity index (χ2n) is 6.77. The second kappa shape index (κ2) is 7.19. The smallest absolute Gasteiger partial charge is 0.336 e. The standard InChI is InChI=1S/C21H21NO4S/c1-3-25-21(24)18-12(2)22-14-10-13(16-6-4-8-26-16)11-15(23)19(14)20(18)17-7-5-9-27-17/h4-9,13,20,22H,3,10-11H2,1-2H3. The molecule has 140 valence electrons. The molecule has 1 aliphatic carbocycles. The summed E-state index contributed by atoms with van der Waals surface area (Å²) in [6, 6.07) is 7.68. The third-order valence-electron chi connectivity index (χ3n) is 5.10. The van der Waals surface area contributed by atoms with Crippen LogP contribution in [0.4, 0.5) is 0 Å². The Morgan fingerprint density at radius 2 is 2.19 bits per heavy atom. The van der Waals surface area contributed by atoms with Gasteiger partial charge < -0.3 is 14.5 Å². The number of carbonyl (C=O) groups is 2. The van der Waals surface area contributed by atoms with Crippen molar-refractivity contribution >= 4 is 23.1 Å². The largest absolute Gasteiger partial charge is 0.469 e. The van der Waals surface area contributed by atoms with E-state index in [1.165, 1.54) is 0 Å². The summed E-state index contributed by atoms with van der Waals surface area (Å²) >= 11 is 1.55. The minimum absolute atomic E-state index is 0.0136. The molecule has 3 heterocycles. The number of furan rings is 1. The number of Topliss-reactive ketones (excluding diaryl/α,β-unsaturated/α-hetero) is 1. The van der Waals surface area contributed by atoms with Crippen molar-refractivity contribution in [3.63, 3.8) is 0 Å². The summed E-state index contributed by atoms with van der Waals surface area (Å²) in [5.74, 6) is 0.151. The molecule has 6 heteroatoms. The number of hydrogen-bond acceptors (Lipinski definition) is 6. The molecule has 2 aliphatic rings. The fourth-order valence-electron chi connectivity index (χ4n) is 3.98. The normalized spacial score (nSPS) is 22.5. The number of nitrogens with one attached hydrogen (secondary N) is 1. The Labute approximate surface area is 161 Å². The molecule has 2 unspecified atom stereocenters. The quantitative estimate of drug-likeness (QED) is 0.799. The predicted molar refractivity (Wildman–Crippen MR) is 102 cm³/mol. The van der Waals surface area contributed by atoms with E-state index >= 15 is 0 Å². The van der Waals surface area contributed by atoms with Crippen molar-refractivity contribution in [3.8, 4) is 0 Å². The molecular weight excluding hydrogens is 362 g/mol. The number of carbonyl (C=O) groups excluding carboxylic acids is 2. The van der Waals surface area contributed by atoms with Crippen LogP contribution in [0.2, 0.25) is 0 Å². The van der Waals surface area contributed by atoms with E-state index < -0.39 is 0 Å². The van der Waals surface area contributed by atoms with Gasteiger partial charge in [0.1, 0.15) is 5.76 Å². The molecule has 1 aliphatic heterocycles. The average molecular weight is 383 g/mol. The lowest BCUT2D eigenvalue weighted by atomic mass is 9.74. The van der Waals surface area contributed by atoms with Crippen molar-refractivity contribution in [1.82, 2.24) is 5.32 Å². The first-order chi connectivity index (χ1) is 13.1. The van der Waals surface area contributed by atoms with E-state index in [9.17, 15) is 9.59 Å². The van der Waals surface area contributed by atoms with Gasteiger partial charge in [-0.25, -0.2) is 4.79 Å². The minimum atomic E-state index is -0.370. The van der Waals surface area contributed by atoms with Gasteiger partial charge in [0.05, 0.1) is 24.4 Å². The highest BCUT2D eigenvalue weighted by molar-refractivity contribution is 7.10. The van der Waals surface area contributed by atoms with Crippen LogP contribution in [-0.2, 0) is 14.3 Å². The molecule has 0 saturated carbocycles. The van der Waals surface area contributed by atoms with Crippen molar-refractivity contribution in [2.75, 3.05) is 6.61 Å². The molecule has 1 N–H and O–H groups in total. The molecule has 0 amide bonds. The summed E-state index contributed by atoms with van der Waals surface area (Å²) in [7, 11) is 0. The van der Waals surface area contributed by atoms with Gasteiger partial charge in [0, 0.05) is 34.2 Å². The number of allylic oxidation sites excluding steroid dienone is 3. The van der Waals surface area contributed by atoms with Gasteiger partial charge in [-0.05, 0) is 43.8 Å². The third-order valence-corrected chi connectivity index (χ3v) is 6.03. The topological polar surface area (TPSA) is 68.5 Å². The third kappa shape index (κ3) is 3.14. The Bertz CT molecular complexity index is 922. The van der Waals surface area contributed by atoms with E-state index in [-0.39, 0.29) is 23.6 Å². The van der Waals surface area contributed by atoms with E-state index in [0.29, 0.717) is 30.6 Å². The molecule has 0 aromatic carbocycles. The van der Waals surface area contributed by atoms with Crippen LogP contribution >= 0.6 is 11.3 Å². The summed E-state index contributed by atoms with van der Waals surface area (Å²) < 4.78 is 10.8.